The van der Waals surface area contributed by atoms with Crippen LogP contribution >= 0.6 is 43.2 Å². The summed E-state index contributed by atoms with van der Waals surface area (Å²) in [5.74, 6) is 2.27. The van der Waals surface area contributed by atoms with Crippen molar-refractivity contribution in [3.05, 3.63) is 70.8 Å². The summed E-state index contributed by atoms with van der Waals surface area (Å²) in [6.07, 6.45) is 2.60. The van der Waals surface area contributed by atoms with E-state index in [2.05, 4.69) is 117 Å². The first-order valence-corrected chi connectivity index (χ1v) is 17.6. The maximum absolute atomic E-state index is 5.98. The van der Waals surface area contributed by atoms with E-state index >= 15 is 0 Å². The molecule has 6 heteroatoms. The van der Waals surface area contributed by atoms with E-state index in [1.807, 2.05) is 21.6 Å². The molecule has 2 aromatic rings. The van der Waals surface area contributed by atoms with Crippen LogP contribution < -0.4 is 0 Å². The molecule has 2 atom stereocenters. The maximum atomic E-state index is 5.98. The highest BCUT2D eigenvalue weighted by molar-refractivity contribution is 8.76. The van der Waals surface area contributed by atoms with Gasteiger partial charge in [0.1, 0.15) is 10.9 Å². The molecule has 0 fully saturated rings. The van der Waals surface area contributed by atoms with Crippen molar-refractivity contribution >= 4 is 43.2 Å². The molecular weight excluding hydrogens is 509 g/mol. The van der Waals surface area contributed by atoms with E-state index in [0.29, 0.717) is 11.8 Å². The van der Waals surface area contributed by atoms with Crippen molar-refractivity contribution in [3.63, 3.8) is 0 Å². The molecule has 2 nitrogen and oxygen atoms in total. The molecule has 2 aromatic carbocycles. The Morgan fingerprint density at radius 2 is 0.914 bits per heavy atom. The van der Waals surface area contributed by atoms with Gasteiger partial charge in [-0.3, -0.25) is 0 Å². The second kappa shape index (κ2) is 18.1. The Morgan fingerprint density at radius 1 is 0.571 bits per heavy atom. The van der Waals surface area contributed by atoms with Gasteiger partial charge in [0.25, 0.3) is 0 Å². The molecule has 0 saturated heterocycles. The summed E-state index contributed by atoms with van der Waals surface area (Å²) in [6, 6.07) is 17.6. The minimum absolute atomic E-state index is 0.131. The summed E-state index contributed by atoms with van der Waals surface area (Å²) in [6.45, 7) is 19.4. The lowest BCUT2D eigenvalue weighted by Crippen LogP contribution is -2.07. The van der Waals surface area contributed by atoms with E-state index in [1.54, 1.807) is 21.6 Å². The first-order chi connectivity index (χ1) is 16.6. The van der Waals surface area contributed by atoms with Gasteiger partial charge < -0.3 is 9.47 Å². The van der Waals surface area contributed by atoms with Gasteiger partial charge in [0.05, 0.1) is 12.2 Å². The van der Waals surface area contributed by atoms with Crippen LogP contribution in [0.3, 0.4) is 0 Å². The van der Waals surface area contributed by atoms with Gasteiger partial charge in [0.15, 0.2) is 0 Å². The molecule has 0 amide bonds. The van der Waals surface area contributed by atoms with Crippen molar-refractivity contribution in [2.45, 2.75) is 97.2 Å². The van der Waals surface area contributed by atoms with E-state index in [0.717, 1.165) is 5.75 Å². The molecular formula is C29H46O2S4. The highest BCUT2D eigenvalue weighted by Crippen LogP contribution is 2.40. The smallest absolute Gasteiger partial charge is 0.138 e. The summed E-state index contributed by atoms with van der Waals surface area (Å²) in [4.78, 5) is 0. The van der Waals surface area contributed by atoms with Gasteiger partial charge in [-0.1, -0.05) is 126 Å². The number of hydrogen-bond donors (Lipinski definition) is 0. The summed E-state index contributed by atoms with van der Waals surface area (Å²) < 4.78 is 11.9. The minimum Gasteiger partial charge on any atom is -0.359 e. The number of hydrogen-bond acceptors (Lipinski definition) is 6. The molecule has 0 aliphatic carbocycles. The van der Waals surface area contributed by atoms with E-state index < -0.39 is 0 Å². The van der Waals surface area contributed by atoms with E-state index in [-0.39, 0.29) is 23.1 Å². The molecule has 0 aromatic heterocycles. The van der Waals surface area contributed by atoms with E-state index in [4.69, 9.17) is 9.47 Å². The zero-order chi connectivity index (χ0) is 26.4. The highest BCUT2D eigenvalue weighted by atomic mass is 33.1. The average molecular weight is 555 g/mol. The molecule has 0 spiro atoms. The highest BCUT2D eigenvalue weighted by Gasteiger charge is 2.15. The first kappa shape index (κ1) is 32.8. The van der Waals surface area contributed by atoms with Crippen molar-refractivity contribution in [1.82, 2.24) is 0 Å². The predicted molar refractivity (Wildman–Crippen MR) is 166 cm³/mol. The fourth-order valence-electron chi connectivity index (χ4n) is 3.10. The van der Waals surface area contributed by atoms with Crippen LogP contribution in [-0.2, 0) is 9.47 Å². The van der Waals surface area contributed by atoms with Crippen LogP contribution in [0.4, 0.5) is 0 Å². The zero-order valence-corrected chi connectivity index (χ0v) is 26.5. The molecule has 0 aliphatic rings. The Labute approximate surface area is 231 Å². The SMILES string of the molecule is CCSSC(OC(C)C)c1ccc(C(C)C)cc1.CSSC(OC(C)C)c1ccc(C(C)C)cc1. The Bertz CT molecular complexity index is 789. The molecule has 0 aliphatic heterocycles. The van der Waals surface area contributed by atoms with Crippen LogP contribution in [0.2, 0.25) is 0 Å². The lowest BCUT2D eigenvalue weighted by molar-refractivity contribution is 0.0597. The molecule has 2 rings (SSSR count). The van der Waals surface area contributed by atoms with Crippen LogP contribution in [0.15, 0.2) is 48.5 Å². The van der Waals surface area contributed by atoms with Crippen LogP contribution in [-0.4, -0.2) is 24.2 Å². The van der Waals surface area contributed by atoms with Gasteiger partial charge in [0.2, 0.25) is 0 Å². The first-order valence-electron chi connectivity index (χ1n) is 12.6. The normalized spacial score (nSPS) is 13.3. The fraction of sp³-hybridized carbons (Fsp3) is 0.586. The van der Waals surface area contributed by atoms with Gasteiger partial charge in [0, 0.05) is 5.75 Å². The molecule has 35 heavy (non-hydrogen) atoms. The van der Waals surface area contributed by atoms with Crippen molar-refractivity contribution in [3.8, 4) is 0 Å². The summed E-state index contributed by atoms with van der Waals surface area (Å²) in [7, 11) is 7.18. The van der Waals surface area contributed by atoms with Crippen LogP contribution in [0.5, 0.6) is 0 Å². The van der Waals surface area contributed by atoms with Crippen molar-refractivity contribution in [2.24, 2.45) is 0 Å². The Balaban J connectivity index is 0.000000351. The van der Waals surface area contributed by atoms with Crippen LogP contribution in [0, 0.1) is 0 Å². The summed E-state index contributed by atoms with van der Waals surface area (Å²) >= 11 is 0. The summed E-state index contributed by atoms with van der Waals surface area (Å²) in [5, 5.41) is 0. The number of benzene rings is 2. The number of ether oxygens (including phenoxy) is 2. The van der Waals surface area contributed by atoms with Crippen molar-refractivity contribution in [1.29, 1.82) is 0 Å². The third-order valence-electron chi connectivity index (χ3n) is 5.00. The average Bonchev–Trinajstić information content (AvgIpc) is 2.81. The second-order valence-electron chi connectivity index (χ2n) is 9.44. The van der Waals surface area contributed by atoms with Gasteiger partial charge in [-0.05, 0) is 68.0 Å². The zero-order valence-electron chi connectivity index (χ0n) is 23.2. The quantitative estimate of drug-likeness (QED) is 0.180. The molecule has 0 saturated carbocycles. The van der Waals surface area contributed by atoms with Gasteiger partial charge in [-0.25, -0.2) is 0 Å². The third kappa shape index (κ3) is 13.2. The fourth-order valence-corrected chi connectivity index (χ4v) is 6.85. The second-order valence-corrected chi connectivity index (χ2v) is 14.7. The monoisotopic (exact) mass is 554 g/mol. The largest absolute Gasteiger partial charge is 0.359 e. The molecule has 2 unspecified atom stereocenters. The standard InChI is InChI=1S/C15H24OS2.C14H22OS2/c1-6-17-18-15(16-12(4)5)14-9-7-13(8-10-14)11(2)3;1-10(2)12-6-8-13(9-7-12)14(17-16-5)15-11(3)4/h7-12,15H,6H2,1-5H3;6-11,14H,1-5H3. The lowest BCUT2D eigenvalue weighted by atomic mass is 10.0. The Morgan fingerprint density at radius 3 is 1.20 bits per heavy atom. The van der Waals surface area contributed by atoms with E-state index in [1.165, 1.54) is 22.3 Å². The van der Waals surface area contributed by atoms with Crippen LogP contribution in [0.1, 0.15) is 107 Å². The van der Waals surface area contributed by atoms with E-state index in [9.17, 15) is 0 Å². The maximum Gasteiger partial charge on any atom is 0.138 e. The van der Waals surface area contributed by atoms with Crippen LogP contribution in [0.25, 0.3) is 0 Å². The number of rotatable bonds is 13. The molecule has 0 radical (unpaired) electrons. The summed E-state index contributed by atoms with van der Waals surface area (Å²) in [5.41, 5.74) is 5.55. The molecule has 0 N–H and O–H groups in total. The van der Waals surface area contributed by atoms with Crippen molar-refractivity contribution < 1.29 is 9.47 Å². The molecule has 198 valence electrons. The Kier molecular flexibility index (Phi) is 16.9. The topological polar surface area (TPSA) is 18.5 Å². The molecule has 0 bridgehead atoms. The predicted octanol–water partition coefficient (Wildman–Crippen LogP) is 10.9. The lowest BCUT2D eigenvalue weighted by Gasteiger charge is -2.20. The van der Waals surface area contributed by atoms with Crippen molar-refractivity contribution in [2.75, 3.05) is 12.0 Å². The Hall–Kier alpha value is -0.240. The van der Waals surface area contributed by atoms with Gasteiger partial charge >= 0.3 is 0 Å². The minimum atomic E-state index is 0.131. The molecule has 0 heterocycles. The van der Waals surface area contributed by atoms with Gasteiger partial charge in [-0.15, -0.1) is 0 Å². The van der Waals surface area contributed by atoms with Gasteiger partial charge in [-0.2, -0.15) is 0 Å². The third-order valence-corrected chi connectivity index (χ3v) is 9.42.